The van der Waals surface area contributed by atoms with E-state index in [-0.39, 0.29) is 0 Å². The van der Waals surface area contributed by atoms with Crippen LogP contribution < -0.4 is 5.32 Å². The SMILES string of the molecule is CCOC(=O)c1csc2ncnc(Nc3ccc(Cl)cn3)c12. The maximum atomic E-state index is 12.0. The molecule has 0 atom stereocenters. The van der Waals surface area contributed by atoms with E-state index in [1.54, 1.807) is 24.4 Å². The van der Waals surface area contributed by atoms with E-state index >= 15 is 0 Å². The number of rotatable bonds is 4. The Morgan fingerprint density at radius 1 is 1.36 bits per heavy atom. The van der Waals surface area contributed by atoms with Crippen LogP contribution >= 0.6 is 22.9 Å². The van der Waals surface area contributed by atoms with E-state index in [9.17, 15) is 4.79 Å². The second kappa shape index (κ2) is 6.25. The molecule has 0 aliphatic rings. The molecular weight excluding hydrogens is 324 g/mol. The van der Waals surface area contributed by atoms with Crippen molar-refractivity contribution in [3.63, 3.8) is 0 Å². The van der Waals surface area contributed by atoms with E-state index in [1.165, 1.54) is 23.9 Å². The molecule has 3 aromatic rings. The number of hydrogen-bond donors (Lipinski definition) is 1. The second-order valence-corrected chi connectivity index (χ2v) is 5.55. The number of fused-ring (bicyclic) bond motifs is 1. The summed E-state index contributed by atoms with van der Waals surface area (Å²) in [5.41, 5.74) is 0.443. The van der Waals surface area contributed by atoms with Crippen LogP contribution in [0.5, 0.6) is 0 Å². The van der Waals surface area contributed by atoms with Gasteiger partial charge in [-0.25, -0.2) is 19.7 Å². The number of ether oxygens (including phenoxy) is 1. The summed E-state index contributed by atoms with van der Waals surface area (Å²) in [6, 6.07) is 3.45. The Labute approximate surface area is 135 Å². The summed E-state index contributed by atoms with van der Waals surface area (Å²) in [4.78, 5) is 25.3. The maximum absolute atomic E-state index is 12.0. The second-order valence-electron chi connectivity index (χ2n) is 4.26. The molecule has 8 heteroatoms. The van der Waals surface area contributed by atoms with Crippen molar-refractivity contribution in [1.29, 1.82) is 0 Å². The van der Waals surface area contributed by atoms with Gasteiger partial charge in [0.2, 0.25) is 0 Å². The zero-order valence-corrected chi connectivity index (χ0v) is 13.1. The lowest BCUT2D eigenvalue weighted by atomic mass is 10.2. The van der Waals surface area contributed by atoms with Crippen molar-refractivity contribution in [2.45, 2.75) is 6.92 Å². The number of nitrogens with one attached hydrogen (secondary N) is 1. The summed E-state index contributed by atoms with van der Waals surface area (Å²) in [5.74, 6) is 0.685. The molecule has 0 amide bonds. The number of carbonyl (C=O) groups excluding carboxylic acids is 1. The third-order valence-corrected chi connectivity index (χ3v) is 3.95. The van der Waals surface area contributed by atoms with Gasteiger partial charge in [0.15, 0.2) is 0 Å². The predicted octanol–water partition coefficient (Wildman–Crippen LogP) is 3.66. The highest BCUT2D eigenvalue weighted by atomic mass is 35.5. The van der Waals surface area contributed by atoms with E-state index in [4.69, 9.17) is 16.3 Å². The number of pyridine rings is 1. The molecule has 0 bridgehead atoms. The molecular formula is C14H11ClN4O2S. The summed E-state index contributed by atoms with van der Waals surface area (Å²) in [7, 11) is 0. The lowest BCUT2D eigenvalue weighted by molar-refractivity contribution is 0.0529. The average Bonchev–Trinajstić information content (AvgIpc) is 2.95. The van der Waals surface area contributed by atoms with Gasteiger partial charge in [-0.1, -0.05) is 11.6 Å². The monoisotopic (exact) mass is 334 g/mol. The van der Waals surface area contributed by atoms with Crippen molar-refractivity contribution in [1.82, 2.24) is 15.0 Å². The minimum absolute atomic E-state index is 0.311. The Balaban J connectivity index is 2.03. The highest BCUT2D eigenvalue weighted by molar-refractivity contribution is 7.17. The van der Waals surface area contributed by atoms with Crippen LogP contribution in [0.3, 0.4) is 0 Å². The number of esters is 1. The van der Waals surface area contributed by atoms with Crippen molar-refractivity contribution in [2.24, 2.45) is 0 Å². The third-order valence-electron chi connectivity index (χ3n) is 2.84. The minimum atomic E-state index is -0.393. The summed E-state index contributed by atoms with van der Waals surface area (Å²) < 4.78 is 5.07. The van der Waals surface area contributed by atoms with Gasteiger partial charge < -0.3 is 10.1 Å². The van der Waals surface area contributed by atoms with Gasteiger partial charge >= 0.3 is 5.97 Å². The number of aromatic nitrogens is 3. The first-order valence-corrected chi connectivity index (χ1v) is 7.72. The van der Waals surface area contributed by atoms with Crippen LogP contribution in [0.1, 0.15) is 17.3 Å². The third kappa shape index (κ3) is 2.86. The van der Waals surface area contributed by atoms with Crippen LogP contribution in [0, 0.1) is 0 Å². The lowest BCUT2D eigenvalue weighted by Crippen LogP contribution is -2.05. The molecule has 0 aliphatic carbocycles. The first-order valence-electron chi connectivity index (χ1n) is 6.47. The molecule has 0 saturated carbocycles. The largest absolute Gasteiger partial charge is 0.462 e. The first kappa shape index (κ1) is 14.7. The fourth-order valence-electron chi connectivity index (χ4n) is 1.90. The number of anilines is 2. The number of nitrogens with zero attached hydrogens (tertiary/aromatic N) is 3. The molecule has 0 aliphatic heterocycles. The quantitative estimate of drug-likeness (QED) is 0.734. The average molecular weight is 335 g/mol. The zero-order chi connectivity index (χ0) is 15.5. The summed E-state index contributed by atoms with van der Waals surface area (Å²) in [5, 5.41) is 5.97. The first-order chi connectivity index (χ1) is 10.7. The minimum Gasteiger partial charge on any atom is -0.462 e. The molecule has 0 saturated heterocycles. The standard InChI is InChI=1S/C14H11ClN4O2S/c1-2-21-14(20)9-6-22-13-11(9)12(17-7-18-13)19-10-4-3-8(15)5-16-10/h3-7H,2H2,1H3,(H,16,17,18,19). The zero-order valence-electron chi connectivity index (χ0n) is 11.5. The molecule has 3 rings (SSSR count). The molecule has 0 spiro atoms. The highest BCUT2D eigenvalue weighted by Gasteiger charge is 2.18. The summed E-state index contributed by atoms with van der Waals surface area (Å²) >= 11 is 7.18. The van der Waals surface area contributed by atoms with E-state index < -0.39 is 5.97 Å². The smallest absolute Gasteiger partial charge is 0.339 e. The van der Waals surface area contributed by atoms with Crippen LogP contribution in [0.15, 0.2) is 30.0 Å². The summed E-state index contributed by atoms with van der Waals surface area (Å²) in [6.07, 6.45) is 2.97. The van der Waals surface area contributed by atoms with E-state index in [2.05, 4.69) is 20.3 Å². The molecule has 112 valence electrons. The van der Waals surface area contributed by atoms with Crippen LogP contribution in [-0.4, -0.2) is 27.5 Å². The summed E-state index contributed by atoms with van der Waals surface area (Å²) in [6.45, 7) is 2.07. The van der Waals surface area contributed by atoms with Crippen LogP contribution in [-0.2, 0) is 4.74 Å². The Morgan fingerprint density at radius 3 is 2.95 bits per heavy atom. The van der Waals surface area contributed by atoms with Crippen LogP contribution in [0.4, 0.5) is 11.6 Å². The van der Waals surface area contributed by atoms with Gasteiger partial charge in [-0.2, -0.15) is 0 Å². The Kier molecular flexibility index (Phi) is 4.17. The van der Waals surface area contributed by atoms with Crippen molar-refractivity contribution < 1.29 is 9.53 Å². The molecule has 22 heavy (non-hydrogen) atoms. The number of halogens is 1. The van der Waals surface area contributed by atoms with E-state index in [0.717, 1.165) is 0 Å². The van der Waals surface area contributed by atoms with E-state index in [1.807, 2.05) is 0 Å². The van der Waals surface area contributed by atoms with Gasteiger partial charge in [0, 0.05) is 11.6 Å². The molecule has 1 N–H and O–H groups in total. The van der Waals surface area contributed by atoms with Gasteiger partial charge in [0.1, 0.15) is 22.8 Å². The van der Waals surface area contributed by atoms with E-state index in [0.29, 0.717) is 39.0 Å². The van der Waals surface area contributed by atoms with Gasteiger partial charge in [-0.05, 0) is 19.1 Å². The van der Waals surface area contributed by atoms with Gasteiger partial charge in [0.25, 0.3) is 0 Å². The number of carbonyl (C=O) groups is 1. The Morgan fingerprint density at radius 2 is 2.23 bits per heavy atom. The van der Waals surface area contributed by atoms with Gasteiger partial charge in [-0.15, -0.1) is 11.3 Å². The number of thiophene rings is 1. The fraction of sp³-hybridized carbons (Fsp3) is 0.143. The van der Waals surface area contributed by atoms with Gasteiger partial charge in [-0.3, -0.25) is 0 Å². The van der Waals surface area contributed by atoms with Crippen molar-refractivity contribution in [3.8, 4) is 0 Å². The molecule has 0 radical (unpaired) electrons. The molecule has 0 aromatic carbocycles. The van der Waals surface area contributed by atoms with Crippen LogP contribution in [0.2, 0.25) is 5.02 Å². The van der Waals surface area contributed by atoms with Crippen molar-refractivity contribution in [3.05, 3.63) is 40.6 Å². The number of hydrogen-bond acceptors (Lipinski definition) is 7. The lowest BCUT2D eigenvalue weighted by Gasteiger charge is -2.07. The predicted molar refractivity (Wildman–Crippen MR) is 85.9 cm³/mol. The Bertz CT molecular complexity index is 819. The topological polar surface area (TPSA) is 77.0 Å². The maximum Gasteiger partial charge on any atom is 0.339 e. The molecule has 6 nitrogen and oxygen atoms in total. The molecule has 3 aromatic heterocycles. The molecule has 0 fully saturated rings. The van der Waals surface area contributed by atoms with Crippen molar-refractivity contribution in [2.75, 3.05) is 11.9 Å². The fourth-order valence-corrected chi connectivity index (χ4v) is 2.89. The van der Waals surface area contributed by atoms with Gasteiger partial charge in [0.05, 0.1) is 22.6 Å². The van der Waals surface area contributed by atoms with Crippen molar-refractivity contribution >= 4 is 50.8 Å². The Hall–Kier alpha value is -2.25. The molecule has 3 heterocycles. The highest BCUT2D eigenvalue weighted by Crippen LogP contribution is 2.31. The normalized spacial score (nSPS) is 10.6. The van der Waals surface area contributed by atoms with Crippen LogP contribution in [0.25, 0.3) is 10.2 Å². The molecule has 0 unspecified atom stereocenters.